The molecule has 1 saturated carbocycles. The fourth-order valence-corrected chi connectivity index (χ4v) is 5.46. The number of sulfonamides is 1. The maximum absolute atomic E-state index is 12.1. The van der Waals surface area contributed by atoms with Crippen molar-refractivity contribution in [2.24, 2.45) is 0 Å². The van der Waals surface area contributed by atoms with Crippen molar-refractivity contribution in [1.29, 1.82) is 0 Å². The number of thiophene rings is 2. The van der Waals surface area contributed by atoms with Crippen molar-refractivity contribution in [3.05, 3.63) is 38.9 Å². The van der Waals surface area contributed by atoms with Crippen molar-refractivity contribution in [2.45, 2.75) is 22.5 Å². The Balaban J connectivity index is 1.73. The molecular formula is C12H12ClNO2S3. The van der Waals surface area contributed by atoms with Gasteiger partial charge in [0.15, 0.2) is 0 Å². The van der Waals surface area contributed by atoms with Gasteiger partial charge in [0.05, 0.1) is 4.34 Å². The molecule has 0 bridgehead atoms. The Morgan fingerprint density at radius 2 is 2.11 bits per heavy atom. The maximum Gasteiger partial charge on any atom is 0.250 e. The van der Waals surface area contributed by atoms with Crippen molar-refractivity contribution in [1.82, 2.24) is 4.72 Å². The Morgan fingerprint density at radius 1 is 1.32 bits per heavy atom. The minimum Gasteiger partial charge on any atom is -0.210 e. The van der Waals surface area contributed by atoms with Crippen LogP contribution in [-0.2, 0) is 15.4 Å². The molecule has 1 N–H and O–H groups in total. The average Bonchev–Trinajstić information content (AvgIpc) is 2.82. The number of halogens is 1. The molecule has 0 atom stereocenters. The van der Waals surface area contributed by atoms with Gasteiger partial charge in [0.1, 0.15) is 4.21 Å². The number of nitrogens with one attached hydrogen (secondary N) is 1. The molecule has 2 heterocycles. The number of hydrogen-bond donors (Lipinski definition) is 1. The van der Waals surface area contributed by atoms with Gasteiger partial charge in [-0.25, -0.2) is 13.1 Å². The fraction of sp³-hybridized carbons (Fsp3) is 0.333. The lowest BCUT2D eigenvalue weighted by atomic mass is 10.0. The van der Waals surface area contributed by atoms with Crippen molar-refractivity contribution in [3.8, 4) is 0 Å². The second kappa shape index (κ2) is 4.86. The van der Waals surface area contributed by atoms with Crippen LogP contribution in [0.2, 0.25) is 4.34 Å². The first-order valence-electron chi connectivity index (χ1n) is 5.80. The average molecular weight is 334 g/mol. The van der Waals surface area contributed by atoms with Crippen LogP contribution in [0.25, 0.3) is 0 Å². The van der Waals surface area contributed by atoms with Crippen LogP contribution in [0.5, 0.6) is 0 Å². The molecular weight excluding hydrogens is 322 g/mol. The topological polar surface area (TPSA) is 46.2 Å². The summed E-state index contributed by atoms with van der Waals surface area (Å²) in [7, 11) is -3.44. The second-order valence-electron chi connectivity index (χ2n) is 4.68. The molecule has 7 heteroatoms. The summed E-state index contributed by atoms with van der Waals surface area (Å²) in [6.07, 6.45) is 2.08. The summed E-state index contributed by atoms with van der Waals surface area (Å²) >= 11 is 8.50. The molecule has 3 nitrogen and oxygen atoms in total. The monoisotopic (exact) mass is 333 g/mol. The van der Waals surface area contributed by atoms with E-state index < -0.39 is 10.0 Å². The van der Waals surface area contributed by atoms with Crippen LogP contribution in [0.4, 0.5) is 0 Å². The third kappa shape index (κ3) is 2.73. The molecule has 0 unspecified atom stereocenters. The van der Waals surface area contributed by atoms with Crippen molar-refractivity contribution in [3.63, 3.8) is 0 Å². The van der Waals surface area contributed by atoms with E-state index in [9.17, 15) is 8.42 Å². The zero-order chi connectivity index (χ0) is 13.5. The zero-order valence-electron chi connectivity index (χ0n) is 9.93. The summed E-state index contributed by atoms with van der Waals surface area (Å²) in [5, 5.41) is 4.13. The van der Waals surface area contributed by atoms with Crippen LogP contribution >= 0.6 is 34.3 Å². The molecule has 0 radical (unpaired) electrons. The Morgan fingerprint density at radius 3 is 2.63 bits per heavy atom. The van der Waals surface area contributed by atoms with Gasteiger partial charge in [-0.15, -0.1) is 11.3 Å². The van der Waals surface area contributed by atoms with E-state index in [4.69, 9.17) is 11.6 Å². The molecule has 2 aromatic rings. The van der Waals surface area contributed by atoms with Crippen molar-refractivity contribution >= 4 is 44.3 Å². The van der Waals surface area contributed by atoms with E-state index in [1.807, 2.05) is 5.38 Å². The smallest absolute Gasteiger partial charge is 0.210 e. The predicted molar refractivity (Wildman–Crippen MR) is 79.7 cm³/mol. The second-order valence-corrected chi connectivity index (χ2v) is 9.16. The third-order valence-electron chi connectivity index (χ3n) is 3.40. The molecule has 19 heavy (non-hydrogen) atoms. The quantitative estimate of drug-likeness (QED) is 0.910. The molecule has 2 aromatic heterocycles. The van der Waals surface area contributed by atoms with E-state index in [2.05, 4.69) is 16.2 Å². The van der Waals surface area contributed by atoms with Gasteiger partial charge < -0.3 is 0 Å². The molecule has 1 aliphatic carbocycles. The molecule has 1 fully saturated rings. The molecule has 0 saturated heterocycles. The SMILES string of the molecule is O=S(=O)(NCC1(c2ccsc2)CC1)c1ccc(Cl)s1. The van der Waals surface area contributed by atoms with Crippen LogP contribution in [0.15, 0.2) is 33.2 Å². The minimum absolute atomic E-state index is 0.00806. The first-order valence-corrected chi connectivity index (χ1v) is 9.42. The van der Waals surface area contributed by atoms with Crippen LogP contribution in [0.3, 0.4) is 0 Å². The fourth-order valence-electron chi connectivity index (χ4n) is 2.03. The van der Waals surface area contributed by atoms with E-state index in [-0.39, 0.29) is 9.62 Å². The summed E-state index contributed by atoms with van der Waals surface area (Å²) in [6.45, 7) is 0.460. The molecule has 0 aromatic carbocycles. The lowest BCUT2D eigenvalue weighted by Gasteiger charge is -2.14. The standard InChI is InChI=1S/C12H12ClNO2S3/c13-10-1-2-11(18-10)19(15,16)14-8-12(4-5-12)9-3-6-17-7-9/h1-3,6-7,14H,4-5,8H2. The van der Waals surface area contributed by atoms with Gasteiger partial charge in [0.25, 0.3) is 0 Å². The van der Waals surface area contributed by atoms with Crippen molar-refractivity contribution in [2.75, 3.05) is 6.54 Å². The predicted octanol–water partition coefficient (Wildman–Crippen LogP) is 3.47. The zero-order valence-corrected chi connectivity index (χ0v) is 13.1. The van der Waals surface area contributed by atoms with E-state index in [0.717, 1.165) is 24.2 Å². The van der Waals surface area contributed by atoms with Gasteiger partial charge in [-0.2, -0.15) is 11.3 Å². The lowest BCUT2D eigenvalue weighted by Crippen LogP contribution is -2.31. The maximum atomic E-state index is 12.1. The first kappa shape index (κ1) is 13.6. The van der Waals surface area contributed by atoms with Crippen LogP contribution < -0.4 is 4.72 Å². The summed E-state index contributed by atoms with van der Waals surface area (Å²) in [6, 6.07) is 5.22. The minimum atomic E-state index is -3.44. The van der Waals surface area contributed by atoms with E-state index >= 15 is 0 Å². The summed E-state index contributed by atoms with van der Waals surface area (Å²) in [5.41, 5.74) is 1.25. The van der Waals surface area contributed by atoms with Crippen molar-refractivity contribution < 1.29 is 8.42 Å². The Hall–Kier alpha value is -0.400. The molecule has 102 valence electrons. The van der Waals surface area contributed by atoms with E-state index in [1.54, 1.807) is 23.5 Å². The number of rotatable bonds is 5. The molecule has 0 spiro atoms. The van der Waals surface area contributed by atoms with Gasteiger partial charge in [-0.05, 0) is 47.4 Å². The van der Waals surface area contributed by atoms with Gasteiger partial charge in [0, 0.05) is 12.0 Å². The highest BCUT2D eigenvalue weighted by molar-refractivity contribution is 7.91. The first-order chi connectivity index (χ1) is 9.02. The molecule has 3 rings (SSSR count). The van der Waals surface area contributed by atoms with Gasteiger partial charge in [-0.1, -0.05) is 11.6 Å². The van der Waals surface area contributed by atoms with E-state index in [0.29, 0.717) is 10.9 Å². The van der Waals surface area contributed by atoms with Crippen LogP contribution in [-0.4, -0.2) is 15.0 Å². The van der Waals surface area contributed by atoms with E-state index in [1.165, 1.54) is 5.56 Å². The molecule has 0 amide bonds. The highest BCUT2D eigenvalue weighted by Crippen LogP contribution is 2.48. The van der Waals surface area contributed by atoms with Gasteiger partial charge in [-0.3, -0.25) is 0 Å². The Bertz CT molecular complexity index is 672. The largest absolute Gasteiger partial charge is 0.250 e. The lowest BCUT2D eigenvalue weighted by molar-refractivity contribution is 0.569. The summed E-state index contributed by atoms with van der Waals surface area (Å²) < 4.78 is 27.7. The normalized spacial score (nSPS) is 17.5. The number of hydrogen-bond acceptors (Lipinski definition) is 4. The Labute approximate surface area is 125 Å². The molecule has 1 aliphatic rings. The summed E-state index contributed by atoms with van der Waals surface area (Å²) in [4.78, 5) is 0. The Kier molecular flexibility index (Phi) is 3.47. The highest BCUT2D eigenvalue weighted by atomic mass is 35.5. The highest BCUT2D eigenvalue weighted by Gasteiger charge is 2.45. The van der Waals surface area contributed by atoms with Crippen LogP contribution in [0.1, 0.15) is 18.4 Å². The van der Waals surface area contributed by atoms with Gasteiger partial charge >= 0.3 is 0 Å². The summed E-state index contributed by atoms with van der Waals surface area (Å²) in [5.74, 6) is 0. The third-order valence-corrected chi connectivity index (χ3v) is 7.21. The van der Waals surface area contributed by atoms with Gasteiger partial charge in [0.2, 0.25) is 10.0 Å². The molecule has 0 aliphatic heterocycles. The van der Waals surface area contributed by atoms with Crippen LogP contribution in [0, 0.1) is 0 Å².